The lowest BCUT2D eigenvalue weighted by molar-refractivity contribution is -0.140. The number of ketones is 2. The van der Waals surface area contributed by atoms with Gasteiger partial charge in [0.25, 0.3) is 0 Å². The van der Waals surface area contributed by atoms with Gasteiger partial charge < -0.3 is 24.5 Å². The molecule has 1 N–H and O–H groups in total. The maximum absolute atomic E-state index is 14.3. The summed E-state index contributed by atoms with van der Waals surface area (Å²) < 4.78 is 11.3. The number of amides is 3. The van der Waals surface area contributed by atoms with Crippen molar-refractivity contribution in [3.8, 4) is 5.75 Å². The van der Waals surface area contributed by atoms with Crippen LogP contribution in [0.3, 0.4) is 0 Å². The van der Waals surface area contributed by atoms with Gasteiger partial charge in [0, 0.05) is 31.0 Å². The third kappa shape index (κ3) is 10.6. The van der Waals surface area contributed by atoms with Gasteiger partial charge in [-0.15, -0.1) is 11.3 Å². The molecule has 2 aromatic rings. The van der Waals surface area contributed by atoms with Crippen molar-refractivity contribution in [1.82, 2.24) is 20.1 Å². The van der Waals surface area contributed by atoms with Gasteiger partial charge in [-0.1, -0.05) is 31.4 Å². The molecule has 1 saturated carbocycles. The molecule has 2 heterocycles. The number of unbranched alkanes of at least 4 members (excludes halogenated alkanes) is 1. The van der Waals surface area contributed by atoms with Gasteiger partial charge in [-0.25, -0.2) is 9.78 Å². The first-order valence-electron chi connectivity index (χ1n) is 17.5. The SMILES string of the molecule is CC(=O)CCCCOc1cccc(C(=O)c2csc([C@@H]3CCCN3C(=O)C(NC(=O)C(C)N(C)C(=O)OC(C)(C)C)C3CCCCC3)n2)c1. The molecular weight excluding hydrogens is 644 g/mol. The van der Waals surface area contributed by atoms with Crippen molar-refractivity contribution in [1.29, 1.82) is 0 Å². The highest BCUT2D eigenvalue weighted by atomic mass is 32.1. The molecule has 1 saturated heterocycles. The molecule has 2 fully saturated rings. The van der Waals surface area contributed by atoms with E-state index in [1.165, 1.54) is 23.3 Å². The van der Waals surface area contributed by atoms with Gasteiger partial charge in [0.1, 0.15) is 39.9 Å². The average Bonchev–Trinajstić information content (AvgIpc) is 3.76. The quantitative estimate of drug-likeness (QED) is 0.175. The zero-order valence-corrected chi connectivity index (χ0v) is 30.6. The number of hydrogen-bond donors (Lipinski definition) is 1. The Morgan fingerprint density at radius 3 is 2.49 bits per heavy atom. The molecule has 1 aromatic carbocycles. The normalized spacial score (nSPS) is 18.0. The van der Waals surface area contributed by atoms with E-state index in [9.17, 15) is 24.0 Å². The summed E-state index contributed by atoms with van der Waals surface area (Å²) in [5, 5.41) is 5.46. The van der Waals surface area contributed by atoms with Crippen molar-refractivity contribution in [2.75, 3.05) is 20.2 Å². The molecule has 3 atom stereocenters. The van der Waals surface area contributed by atoms with E-state index >= 15 is 0 Å². The number of rotatable bonds is 14. The smallest absolute Gasteiger partial charge is 0.410 e. The Kier molecular flexibility index (Phi) is 13.4. The zero-order valence-electron chi connectivity index (χ0n) is 29.8. The molecule has 268 valence electrons. The number of nitrogens with zero attached hydrogens (tertiary/aromatic N) is 3. The minimum Gasteiger partial charge on any atom is -0.494 e. The van der Waals surface area contributed by atoms with Crippen LogP contribution in [-0.2, 0) is 19.1 Å². The first-order chi connectivity index (χ1) is 23.2. The van der Waals surface area contributed by atoms with Crippen LogP contribution in [0.4, 0.5) is 4.79 Å². The summed E-state index contributed by atoms with van der Waals surface area (Å²) in [5.41, 5.74) is 0.0703. The number of aromatic nitrogens is 1. The van der Waals surface area contributed by atoms with Gasteiger partial charge in [-0.2, -0.15) is 0 Å². The molecule has 11 nitrogen and oxygen atoms in total. The van der Waals surface area contributed by atoms with Crippen LogP contribution >= 0.6 is 11.3 Å². The molecule has 0 radical (unpaired) electrons. The van der Waals surface area contributed by atoms with Gasteiger partial charge in [0.2, 0.25) is 17.6 Å². The summed E-state index contributed by atoms with van der Waals surface area (Å²) in [5.74, 6) is -0.0491. The number of ether oxygens (including phenoxy) is 2. The van der Waals surface area contributed by atoms with Crippen LogP contribution < -0.4 is 10.1 Å². The highest BCUT2D eigenvalue weighted by Crippen LogP contribution is 2.37. The van der Waals surface area contributed by atoms with Gasteiger partial charge in [0.05, 0.1) is 12.6 Å². The number of Topliss-reactive ketones (excluding diaryl/α,β-unsaturated/α-hetero) is 1. The third-order valence-corrected chi connectivity index (χ3v) is 10.1. The lowest BCUT2D eigenvalue weighted by Gasteiger charge is -2.36. The van der Waals surface area contributed by atoms with E-state index in [2.05, 4.69) is 5.32 Å². The van der Waals surface area contributed by atoms with E-state index in [0.717, 1.165) is 51.4 Å². The molecule has 1 aliphatic heterocycles. The van der Waals surface area contributed by atoms with Crippen molar-refractivity contribution in [3.63, 3.8) is 0 Å². The fraction of sp³-hybridized carbons (Fsp3) is 0.622. The lowest BCUT2D eigenvalue weighted by atomic mass is 9.83. The highest BCUT2D eigenvalue weighted by molar-refractivity contribution is 7.10. The summed E-state index contributed by atoms with van der Waals surface area (Å²) in [6, 6.07) is 5.14. The van der Waals surface area contributed by atoms with Crippen molar-refractivity contribution in [2.24, 2.45) is 5.92 Å². The Hall–Kier alpha value is -3.80. The fourth-order valence-corrected chi connectivity index (χ4v) is 7.29. The number of benzene rings is 1. The number of hydrogen-bond acceptors (Lipinski definition) is 9. The van der Waals surface area contributed by atoms with Crippen molar-refractivity contribution in [2.45, 2.75) is 123 Å². The molecule has 1 aromatic heterocycles. The summed E-state index contributed by atoms with van der Waals surface area (Å²) in [6.07, 6.45) is 7.68. The number of likely N-dealkylation sites (tertiary alicyclic amines) is 1. The fourth-order valence-electron chi connectivity index (χ4n) is 6.34. The lowest BCUT2D eigenvalue weighted by Crippen LogP contribution is -2.56. The summed E-state index contributed by atoms with van der Waals surface area (Å²) in [7, 11) is 1.52. The Balaban J connectivity index is 1.45. The van der Waals surface area contributed by atoms with Crippen molar-refractivity contribution < 1.29 is 33.4 Å². The molecule has 12 heteroatoms. The van der Waals surface area contributed by atoms with E-state index in [4.69, 9.17) is 14.5 Å². The van der Waals surface area contributed by atoms with Crippen molar-refractivity contribution >= 4 is 40.8 Å². The van der Waals surface area contributed by atoms with Crippen LogP contribution in [0.15, 0.2) is 29.6 Å². The average molecular weight is 697 g/mol. The van der Waals surface area contributed by atoms with E-state index in [1.807, 2.05) is 4.90 Å². The second-order valence-corrected chi connectivity index (χ2v) is 15.2. The summed E-state index contributed by atoms with van der Waals surface area (Å²) >= 11 is 1.36. The number of likely N-dealkylation sites (N-methyl/N-ethyl adjacent to an activating group) is 1. The molecule has 0 bridgehead atoms. The second-order valence-electron chi connectivity index (χ2n) is 14.3. The van der Waals surface area contributed by atoms with Crippen LogP contribution in [0.25, 0.3) is 0 Å². The van der Waals surface area contributed by atoms with Gasteiger partial charge in [0.15, 0.2) is 0 Å². The minimum atomic E-state index is -0.841. The zero-order chi connectivity index (χ0) is 35.7. The molecule has 2 unspecified atom stereocenters. The number of carbonyl (C=O) groups excluding carboxylic acids is 5. The van der Waals surface area contributed by atoms with Crippen LogP contribution in [0, 0.1) is 5.92 Å². The van der Waals surface area contributed by atoms with Gasteiger partial charge in [-0.3, -0.25) is 19.3 Å². The first-order valence-corrected chi connectivity index (χ1v) is 18.4. The molecular formula is C37H52N4O7S. The second kappa shape index (κ2) is 17.2. The van der Waals surface area contributed by atoms with Crippen LogP contribution in [0.5, 0.6) is 5.75 Å². The molecule has 3 amide bonds. The predicted molar refractivity (Wildman–Crippen MR) is 188 cm³/mol. The van der Waals surface area contributed by atoms with Crippen molar-refractivity contribution in [3.05, 3.63) is 45.9 Å². The molecule has 4 rings (SSSR count). The maximum atomic E-state index is 14.3. The number of carbonyl (C=O) groups is 5. The van der Waals surface area contributed by atoms with Gasteiger partial charge >= 0.3 is 6.09 Å². The number of nitrogens with one attached hydrogen (secondary N) is 1. The summed E-state index contributed by atoms with van der Waals surface area (Å²) in [6.45, 7) is 9.51. The molecule has 2 aliphatic rings. The van der Waals surface area contributed by atoms with E-state index < -0.39 is 29.7 Å². The molecule has 0 spiro atoms. The Morgan fingerprint density at radius 2 is 1.80 bits per heavy atom. The first kappa shape index (κ1) is 38.0. The van der Waals surface area contributed by atoms with Crippen LogP contribution in [0.1, 0.15) is 126 Å². The largest absolute Gasteiger partial charge is 0.494 e. The van der Waals surface area contributed by atoms with E-state index in [1.54, 1.807) is 64.3 Å². The molecule has 49 heavy (non-hydrogen) atoms. The highest BCUT2D eigenvalue weighted by Gasteiger charge is 2.41. The van der Waals surface area contributed by atoms with E-state index in [-0.39, 0.29) is 29.4 Å². The Bertz CT molecular complexity index is 1480. The standard InChI is InChI=1S/C37H52N4O7S/c1-24(42)14-10-11-21-47-28-18-12-17-27(22-28)32(43)29-23-49-34(38-29)30-19-13-20-41(30)35(45)31(26-15-8-7-9-16-26)39-33(44)25(2)40(6)36(46)48-37(3,4)5/h12,17-18,22-23,25-26,30-31H,7-11,13-16,19-21H2,1-6H3,(H,39,44)/t25?,30-,31?/m0/s1. The Labute approximate surface area is 294 Å². The molecule has 1 aliphatic carbocycles. The van der Waals surface area contributed by atoms with Crippen LogP contribution in [-0.4, -0.2) is 82.1 Å². The maximum Gasteiger partial charge on any atom is 0.410 e. The van der Waals surface area contributed by atoms with E-state index in [0.29, 0.717) is 48.0 Å². The number of thiazole rings is 1. The van der Waals surface area contributed by atoms with Gasteiger partial charge in [-0.05, 0) is 91.2 Å². The topological polar surface area (TPSA) is 135 Å². The Morgan fingerprint density at radius 1 is 1.06 bits per heavy atom. The summed E-state index contributed by atoms with van der Waals surface area (Å²) in [4.78, 5) is 72.9. The predicted octanol–water partition coefficient (Wildman–Crippen LogP) is 6.50. The minimum absolute atomic E-state index is 0.0115. The van der Waals surface area contributed by atoms with Crippen LogP contribution in [0.2, 0.25) is 0 Å². The monoisotopic (exact) mass is 696 g/mol. The third-order valence-electron chi connectivity index (χ3n) is 9.19.